The summed E-state index contributed by atoms with van der Waals surface area (Å²) < 4.78 is 92.0. The van der Waals surface area contributed by atoms with Crippen molar-refractivity contribution in [3.63, 3.8) is 0 Å². The topological polar surface area (TPSA) is 603 Å². The van der Waals surface area contributed by atoms with E-state index in [2.05, 4.69) is 53.0 Å². The molecular formula is C87H155N11O32P+. The Labute approximate surface area is 770 Å². The van der Waals surface area contributed by atoms with Crippen molar-refractivity contribution in [2.24, 2.45) is 21.9 Å². The van der Waals surface area contributed by atoms with E-state index in [1.165, 1.54) is 27.0 Å². The molecule has 0 spiro atoms. The zero-order valence-electron chi connectivity index (χ0n) is 77.4. The van der Waals surface area contributed by atoms with E-state index in [1.54, 1.807) is 31.0 Å². The van der Waals surface area contributed by atoms with Crippen LogP contribution in [0.25, 0.3) is 0 Å². The van der Waals surface area contributed by atoms with Crippen LogP contribution in [0.2, 0.25) is 0 Å². The minimum Gasteiger partial charge on any atom is -0.460 e. The van der Waals surface area contributed by atoms with Gasteiger partial charge in [0.05, 0.1) is 91.4 Å². The van der Waals surface area contributed by atoms with Crippen LogP contribution in [-0.2, 0) is 109 Å². The first kappa shape index (κ1) is 117. The number of unbranched alkanes of at least 4 members (excludes halogenated alkanes) is 18. The molecule has 131 heavy (non-hydrogen) atoms. The maximum Gasteiger partial charge on any atom is 0.701 e. The Balaban J connectivity index is 1.30. The Hall–Kier alpha value is -6.56. The Morgan fingerprint density at radius 1 is 0.489 bits per heavy atom. The number of rotatable bonds is 74. The van der Waals surface area contributed by atoms with E-state index in [0.717, 1.165) is 77.0 Å². The maximum absolute atomic E-state index is 14.7. The summed E-state index contributed by atoms with van der Waals surface area (Å²) in [7, 11) is -2.26. The number of nitrogens with one attached hydrogen (secondary N) is 7. The van der Waals surface area contributed by atoms with Crippen LogP contribution in [0.5, 0.6) is 0 Å². The fourth-order valence-corrected chi connectivity index (χ4v) is 15.3. The third kappa shape index (κ3) is 50.2. The van der Waals surface area contributed by atoms with Gasteiger partial charge in [-0.1, -0.05) is 100 Å². The highest BCUT2D eigenvalue weighted by Gasteiger charge is 2.48. The molecule has 0 bridgehead atoms. The lowest BCUT2D eigenvalue weighted by atomic mass is 9.93. The molecule has 8 amide bonds. The number of hydrazone groups is 1. The van der Waals surface area contributed by atoms with Gasteiger partial charge in [0.2, 0.25) is 47.3 Å². The summed E-state index contributed by atoms with van der Waals surface area (Å²) in [5.41, 5.74) is 1.95. The highest BCUT2D eigenvalue weighted by molar-refractivity contribution is 7.33. The van der Waals surface area contributed by atoms with Crippen LogP contribution in [0.3, 0.4) is 0 Å². The van der Waals surface area contributed by atoms with Crippen molar-refractivity contribution >= 4 is 67.4 Å². The van der Waals surface area contributed by atoms with Crippen molar-refractivity contribution in [3.05, 3.63) is 18.1 Å². The van der Waals surface area contributed by atoms with E-state index in [1.807, 2.05) is 0 Å². The van der Waals surface area contributed by atoms with E-state index in [4.69, 9.17) is 71.7 Å². The molecule has 43 nitrogen and oxygen atoms in total. The largest absolute Gasteiger partial charge is 0.701 e. The highest BCUT2D eigenvalue weighted by atomic mass is 31.1. The number of nitrogens with zero attached hydrogens (tertiary/aromatic N) is 3. The summed E-state index contributed by atoms with van der Waals surface area (Å²) >= 11 is 0. The smallest absolute Gasteiger partial charge is 0.460 e. The first-order valence-electron chi connectivity index (χ1n) is 46.6. The second-order valence-corrected chi connectivity index (χ2v) is 34.0. The number of ether oxygens (including phenoxy) is 12. The number of amides is 8. The number of nitrogens with two attached hydrogens (primary N) is 1. The van der Waals surface area contributed by atoms with E-state index in [-0.39, 0.29) is 154 Å². The summed E-state index contributed by atoms with van der Waals surface area (Å²) in [6.45, 7) is 7.63. The molecule has 0 aliphatic carbocycles. The standard InChI is InChI=1S/C87H154N11O32P/c1-6-7-42-122-64(5)130-131(116)126-46-29-19-12-9-8-10-14-22-30-66(97-88)53-89-60-121-52-51-117-50-36-73(108)98-40-31-65(32-41-98)83(115)96-87(58-119-48-34-71(106)91-38-24-16-20-27-44-124-85-75(94-62(3)103)81(113)78(110)68(55-100)128-85,59-120-49-35-72(107)92-39-25-17-21-28-45-125-86-76(95-63(4)104)82(114)79(111)69(56-101)129-86)57-118-47-33-70(105)90-37-23-15-11-13-18-26-43-123-84-74(93-61(2)102)80(112)77(109)67(54-99)127-84/h6,42,53,64-65,67-69,74-82,84-86,99-101,109-114H,8-41,43-52,54-60H2,1-5H3,(H8-,88,89,90,91,92,93,94,95,96,102,103,104,105,106,107,115)/p+1. The lowest BCUT2D eigenvalue weighted by Crippen LogP contribution is -2.64. The van der Waals surface area contributed by atoms with Crippen LogP contribution in [0.4, 0.5) is 0 Å². The van der Waals surface area contributed by atoms with Crippen molar-refractivity contribution in [2.75, 3.05) is 145 Å². The third-order valence-electron chi connectivity index (χ3n) is 22.1. The number of aliphatic imine (C=N–C) groups is 1. The van der Waals surface area contributed by atoms with Crippen molar-refractivity contribution < 1.29 is 155 Å². The van der Waals surface area contributed by atoms with Crippen LogP contribution in [0, 0.1) is 5.92 Å². The SMILES string of the molecule is CC=C=COC(C)O[P+](=O)OCCCCCCCCCCC(C=NCOCCOCCC(=O)N1CCC(C(=O)NC(COCCC(=O)NCCCCCCCCOC2OC(CO)C(O)C(O)C2NC(C)=O)(COCCC(=O)NCCCCCCOC2OC(CO)C(O)C(O)C2NC(C)=O)COCCC(=O)NCCCCCCOC2OC(CO)C(O)C(O)C2NC(C)=O)CC1)=NN. The predicted molar refractivity (Wildman–Crippen MR) is 476 cm³/mol. The average molecular weight is 1900 g/mol. The van der Waals surface area contributed by atoms with E-state index in [0.29, 0.717) is 115 Å². The average Bonchev–Trinajstić information content (AvgIpc) is 0.822. The number of aliphatic hydroxyl groups is 9. The molecule has 0 aromatic heterocycles. The van der Waals surface area contributed by atoms with Crippen molar-refractivity contribution in [1.82, 2.24) is 42.1 Å². The van der Waals surface area contributed by atoms with Gasteiger partial charge in [0.25, 0.3) is 6.29 Å². The number of carbonyl (C=O) groups excluding carboxylic acids is 8. The van der Waals surface area contributed by atoms with Crippen LogP contribution in [-0.4, -0.2) is 359 Å². The Bertz CT molecular complexity index is 3230. The zero-order valence-corrected chi connectivity index (χ0v) is 78.3. The van der Waals surface area contributed by atoms with Gasteiger partial charge in [-0.15, -0.1) is 4.52 Å². The molecule has 754 valence electrons. The van der Waals surface area contributed by atoms with Crippen molar-refractivity contribution in [2.45, 2.75) is 325 Å². The van der Waals surface area contributed by atoms with Gasteiger partial charge in [0.1, 0.15) is 98.2 Å². The molecule has 4 aliphatic rings. The van der Waals surface area contributed by atoms with Gasteiger partial charge in [0, 0.05) is 116 Å². The first-order chi connectivity index (χ1) is 63.2. The minimum atomic E-state index is -2.26. The molecule has 4 saturated heterocycles. The predicted octanol–water partition coefficient (Wildman–Crippen LogP) is 1.01. The monoisotopic (exact) mass is 1900 g/mol. The van der Waals surface area contributed by atoms with Gasteiger partial charge in [0.15, 0.2) is 18.9 Å². The molecule has 0 aromatic rings. The summed E-state index contributed by atoms with van der Waals surface area (Å²) in [5, 5.41) is 115. The van der Waals surface area contributed by atoms with Gasteiger partial charge in [-0.2, -0.15) is 5.10 Å². The third-order valence-corrected chi connectivity index (χ3v) is 23.0. The lowest BCUT2D eigenvalue weighted by molar-refractivity contribution is -0.270. The second-order valence-electron chi connectivity index (χ2n) is 33.1. The van der Waals surface area contributed by atoms with Crippen LogP contribution in [0.15, 0.2) is 28.2 Å². The lowest BCUT2D eigenvalue weighted by Gasteiger charge is -2.42. The van der Waals surface area contributed by atoms with Crippen LogP contribution < -0.4 is 43.1 Å². The van der Waals surface area contributed by atoms with Crippen molar-refractivity contribution in [3.8, 4) is 0 Å². The Morgan fingerprint density at radius 3 is 1.25 bits per heavy atom. The summed E-state index contributed by atoms with van der Waals surface area (Å²) in [6.07, 6.45) is 7.45. The number of carbonyl (C=O) groups is 8. The van der Waals surface area contributed by atoms with Gasteiger partial charge in [-0.3, -0.25) is 43.3 Å². The Kier molecular flexibility index (Phi) is 63.3. The number of hydrogen-bond acceptors (Lipinski definition) is 35. The normalized spacial score (nSPS) is 23.8. The quantitative estimate of drug-likeness (QED) is 0.00590. The molecule has 0 aromatic carbocycles. The number of aliphatic hydroxyl groups excluding tert-OH is 9. The molecule has 0 radical (unpaired) electrons. The first-order valence-corrected chi connectivity index (χ1v) is 47.7. The molecule has 4 aliphatic heterocycles. The summed E-state index contributed by atoms with van der Waals surface area (Å²) in [4.78, 5) is 110. The highest BCUT2D eigenvalue weighted by Crippen LogP contribution is 2.30. The summed E-state index contributed by atoms with van der Waals surface area (Å²) in [6, 6.07) is -3.17. The molecule has 44 heteroatoms. The molecule has 18 N–H and O–H groups in total. The molecular weight excluding hydrogens is 1740 g/mol. The van der Waals surface area contributed by atoms with Crippen LogP contribution >= 0.6 is 8.25 Å². The summed E-state index contributed by atoms with van der Waals surface area (Å²) in [5.74, 6) is 2.21. The number of piperidine rings is 1. The second kappa shape index (κ2) is 71.0. The van der Waals surface area contributed by atoms with Gasteiger partial charge in [-0.05, 0) is 83.6 Å². The van der Waals surface area contributed by atoms with Crippen LogP contribution in [0.1, 0.15) is 221 Å². The van der Waals surface area contributed by atoms with E-state index in [9.17, 15) is 88.9 Å². The fraction of sp³-hybridized carbons (Fsp3) is 0.851. The number of hydrogen-bond donors (Lipinski definition) is 17. The molecule has 4 fully saturated rings. The molecule has 4 heterocycles. The number of allylic oxidation sites excluding steroid dienone is 1. The van der Waals surface area contributed by atoms with E-state index < -0.39 is 155 Å². The molecule has 0 saturated carbocycles. The van der Waals surface area contributed by atoms with Gasteiger partial charge in [-0.25, -0.2) is 0 Å². The molecule has 17 atom stereocenters. The van der Waals surface area contributed by atoms with Gasteiger partial charge >= 0.3 is 8.25 Å². The molecule has 17 unspecified atom stereocenters. The zero-order chi connectivity index (χ0) is 95.8. The number of likely N-dealkylation sites (tertiary alicyclic amines) is 1. The van der Waals surface area contributed by atoms with E-state index >= 15 is 0 Å². The molecule has 4 rings (SSSR count). The minimum absolute atomic E-state index is 0.0528. The van der Waals surface area contributed by atoms with Gasteiger partial charge < -0.3 is 151 Å². The van der Waals surface area contributed by atoms with Crippen molar-refractivity contribution in [1.29, 1.82) is 0 Å². The Morgan fingerprint density at radius 2 is 0.863 bits per heavy atom. The fourth-order valence-electron chi connectivity index (χ4n) is 14.7. The maximum atomic E-state index is 14.7.